The van der Waals surface area contributed by atoms with Crippen molar-refractivity contribution in [2.24, 2.45) is 0 Å². The van der Waals surface area contributed by atoms with Crippen molar-refractivity contribution in [1.29, 1.82) is 0 Å². The molecule has 1 aliphatic heterocycles. The monoisotopic (exact) mass is 464 g/mol. The Balaban J connectivity index is 1.60. The molecular weight excluding hydrogens is 443 g/mol. The van der Waals surface area contributed by atoms with E-state index >= 15 is 0 Å². The highest BCUT2D eigenvalue weighted by atomic mass is 35.5. The first-order valence-electron chi connectivity index (χ1n) is 10.5. The molecule has 0 fully saturated rings. The number of rotatable bonds is 3. The standard InChI is InChI=1S/C26H22Cl2N2O2/c1-32-20-9-4-16(5-10-20)26-25-23(29-22-14-19(28)8-11-21(22)30-26)12-17(13-24(25)31)15-2-6-18(27)7-3-15/h2-11,14,17,26,29-30H,12-13H2,1H3. The fraction of sp³-hybridized carbons (Fsp3) is 0.192. The molecule has 2 atom stereocenters. The number of benzene rings is 3. The molecule has 0 bridgehead atoms. The third-order valence-corrected chi connectivity index (χ3v) is 6.64. The molecule has 32 heavy (non-hydrogen) atoms. The average Bonchev–Trinajstić information content (AvgIpc) is 2.96. The molecule has 1 aliphatic carbocycles. The van der Waals surface area contributed by atoms with Gasteiger partial charge in [-0.3, -0.25) is 4.79 Å². The van der Waals surface area contributed by atoms with Crippen molar-refractivity contribution in [3.05, 3.63) is 99.2 Å². The van der Waals surface area contributed by atoms with E-state index in [0.29, 0.717) is 16.5 Å². The first-order chi connectivity index (χ1) is 15.5. The number of ether oxygens (including phenoxy) is 1. The van der Waals surface area contributed by atoms with Crippen LogP contribution in [-0.2, 0) is 4.79 Å². The zero-order valence-corrected chi connectivity index (χ0v) is 19.0. The molecule has 0 spiro atoms. The van der Waals surface area contributed by atoms with Crippen LogP contribution in [0.2, 0.25) is 10.0 Å². The maximum absolute atomic E-state index is 13.5. The van der Waals surface area contributed by atoms with Crippen molar-refractivity contribution in [3.63, 3.8) is 0 Å². The highest BCUT2D eigenvalue weighted by Crippen LogP contribution is 2.45. The van der Waals surface area contributed by atoms with Crippen molar-refractivity contribution < 1.29 is 9.53 Å². The van der Waals surface area contributed by atoms with Gasteiger partial charge in [0, 0.05) is 27.7 Å². The van der Waals surface area contributed by atoms with Gasteiger partial charge < -0.3 is 15.4 Å². The van der Waals surface area contributed by atoms with Gasteiger partial charge in [0.2, 0.25) is 0 Å². The largest absolute Gasteiger partial charge is 0.497 e. The van der Waals surface area contributed by atoms with Crippen molar-refractivity contribution in [2.75, 3.05) is 17.7 Å². The second-order valence-electron chi connectivity index (χ2n) is 8.14. The molecular formula is C26H22Cl2N2O2. The fourth-order valence-corrected chi connectivity index (χ4v) is 4.84. The van der Waals surface area contributed by atoms with Crippen LogP contribution in [0.1, 0.15) is 35.9 Å². The molecule has 2 aliphatic rings. The van der Waals surface area contributed by atoms with Crippen LogP contribution in [0.4, 0.5) is 11.4 Å². The second-order valence-corrected chi connectivity index (χ2v) is 9.01. The minimum absolute atomic E-state index is 0.0864. The van der Waals surface area contributed by atoms with E-state index in [1.54, 1.807) is 7.11 Å². The summed E-state index contributed by atoms with van der Waals surface area (Å²) in [5.74, 6) is 0.994. The summed E-state index contributed by atoms with van der Waals surface area (Å²) < 4.78 is 5.31. The molecule has 6 heteroatoms. The van der Waals surface area contributed by atoms with Gasteiger partial charge in [0.1, 0.15) is 5.75 Å². The van der Waals surface area contributed by atoms with Crippen LogP contribution in [-0.4, -0.2) is 12.9 Å². The van der Waals surface area contributed by atoms with E-state index in [0.717, 1.165) is 45.9 Å². The summed E-state index contributed by atoms with van der Waals surface area (Å²) in [6, 6.07) is 21.0. The number of hydrogen-bond donors (Lipinski definition) is 2. The number of halogens is 2. The third-order valence-electron chi connectivity index (χ3n) is 6.15. The van der Waals surface area contributed by atoms with Gasteiger partial charge in [-0.2, -0.15) is 0 Å². The number of hydrogen-bond acceptors (Lipinski definition) is 4. The van der Waals surface area contributed by atoms with Gasteiger partial charge >= 0.3 is 0 Å². The Labute approximate surface area is 197 Å². The molecule has 0 amide bonds. The molecule has 0 saturated carbocycles. The van der Waals surface area contributed by atoms with Gasteiger partial charge in [0.05, 0.1) is 24.5 Å². The Hall–Kier alpha value is -2.95. The normalized spacial score (nSPS) is 19.9. The molecule has 3 aromatic rings. The van der Waals surface area contributed by atoms with E-state index in [2.05, 4.69) is 10.6 Å². The van der Waals surface area contributed by atoms with E-state index in [1.807, 2.05) is 66.7 Å². The molecule has 162 valence electrons. The predicted octanol–water partition coefficient (Wildman–Crippen LogP) is 6.98. The van der Waals surface area contributed by atoms with Crippen LogP contribution < -0.4 is 15.4 Å². The first kappa shape index (κ1) is 20.9. The van der Waals surface area contributed by atoms with Crippen LogP contribution in [0, 0.1) is 0 Å². The molecule has 0 saturated heterocycles. The highest BCUT2D eigenvalue weighted by Gasteiger charge is 2.36. The summed E-state index contributed by atoms with van der Waals surface area (Å²) in [6.07, 6.45) is 1.18. The van der Waals surface area contributed by atoms with E-state index in [4.69, 9.17) is 27.9 Å². The quantitative estimate of drug-likeness (QED) is 0.438. The molecule has 5 rings (SSSR count). The number of allylic oxidation sites excluding steroid dienone is 1. The molecule has 3 aromatic carbocycles. The van der Waals surface area contributed by atoms with Gasteiger partial charge in [-0.1, -0.05) is 47.5 Å². The van der Waals surface area contributed by atoms with E-state index in [-0.39, 0.29) is 17.7 Å². The van der Waals surface area contributed by atoms with Gasteiger partial charge in [-0.25, -0.2) is 0 Å². The number of anilines is 2. The Bertz CT molecular complexity index is 1200. The lowest BCUT2D eigenvalue weighted by molar-refractivity contribution is -0.116. The van der Waals surface area contributed by atoms with E-state index < -0.39 is 0 Å². The maximum atomic E-state index is 13.5. The first-order valence-corrected chi connectivity index (χ1v) is 11.3. The number of Topliss-reactive ketones (excluding diaryl/α,β-unsaturated/α-hetero) is 1. The number of fused-ring (bicyclic) bond motifs is 1. The van der Waals surface area contributed by atoms with Crippen molar-refractivity contribution in [3.8, 4) is 5.75 Å². The maximum Gasteiger partial charge on any atom is 0.163 e. The minimum Gasteiger partial charge on any atom is -0.497 e. The Kier molecular flexibility index (Phi) is 5.58. The lowest BCUT2D eigenvalue weighted by atomic mass is 9.78. The molecule has 2 N–H and O–H groups in total. The SMILES string of the molecule is COc1ccc(C2Nc3ccc(Cl)cc3NC3=C2C(=O)CC(c2ccc(Cl)cc2)C3)cc1. The molecule has 4 nitrogen and oxygen atoms in total. The summed E-state index contributed by atoms with van der Waals surface area (Å²) >= 11 is 12.4. The number of nitrogens with one attached hydrogen (secondary N) is 2. The Morgan fingerprint density at radius 3 is 2.25 bits per heavy atom. The van der Waals surface area contributed by atoms with Crippen molar-refractivity contribution in [2.45, 2.75) is 24.8 Å². The molecule has 0 radical (unpaired) electrons. The van der Waals surface area contributed by atoms with Gasteiger partial charge in [-0.15, -0.1) is 0 Å². The van der Waals surface area contributed by atoms with E-state index in [1.165, 1.54) is 0 Å². The van der Waals surface area contributed by atoms with Crippen LogP contribution in [0.5, 0.6) is 5.75 Å². The Morgan fingerprint density at radius 2 is 1.53 bits per heavy atom. The second kappa shape index (κ2) is 8.53. The van der Waals surface area contributed by atoms with Crippen LogP contribution >= 0.6 is 23.2 Å². The van der Waals surface area contributed by atoms with Gasteiger partial charge in [-0.05, 0) is 65.9 Å². The van der Waals surface area contributed by atoms with E-state index in [9.17, 15) is 4.79 Å². The summed E-state index contributed by atoms with van der Waals surface area (Å²) in [7, 11) is 1.64. The van der Waals surface area contributed by atoms with Gasteiger partial charge in [0.25, 0.3) is 0 Å². The van der Waals surface area contributed by atoms with Crippen molar-refractivity contribution in [1.82, 2.24) is 0 Å². The molecule has 1 heterocycles. The van der Waals surface area contributed by atoms with Crippen LogP contribution in [0.15, 0.2) is 78.0 Å². The number of methoxy groups -OCH3 is 1. The number of carbonyl (C=O) groups excluding carboxylic acids is 1. The smallest absolute Gasteiger partial charge is 0.163 e. The highest BCUT2D eigenvalue weighted by molar-refractivity contribution is 6.31. The zero-order chi connectivity index (χ0) is 22.2. The van der Waals surface area contributed by atoms with Gasteiger partial charge in [0.15, 0.2) is 5.78 Å². The number of carbonyl (C=O) groups is 1. The third kappa shape index (κ3) is 3.96. The Morgan fingerprint density at radius 1 is 0.844 bits per heavy atom. The molecule has 2 unspecified atom stereocenters. The average molecular weight is 465 g/mol. The summed E-state index contributed by atoms with van der Waals surface area (Å²) in [5, 5.41) is 8.43. The molecule has 0 aromatic heterocycles. The van der Waals surface area contributed by atoms with Crippen LogP contribution in [0.25, 0.3) is 0 Å². The lowest BCUT2D eigenvalue weighted by Crippen LogP contribution is -2.26. The summed E-state index contributed by atoms with van der Waals surface area (Å²) in [4.78, 5) is 13.5. The number of ketones is 1. The summed E-state index contributed by atoms with van der Waals surface area (Å²) in [6.45, 7) is 0. The van der Waals surface area contributed by atoms with Crippen molar-refractivity contribution >= 4 is 40.4 Å². The lowest BCUT2D eigenvalue weighted by Gasteiger charge is -2.30. The summed E-state index contributed by atoms with van der Waals surface area (Å²) in [5.41, 5.74) is 5.58. The predicted molar refractivity (Wildman–Crippen MR) is 130 cm³/mol. The van der Waals surface area contributed by atoms with Crippen LogP contribution in [0.3, 0.4) is 0 Å². The topological polar surface area (TPSA) is 50.4 Å². The minimum atomic E-state index is -0.274. The zero-order valence-electron chi connectivity index (χ0n) is 17.5. The fourth-order valence-electron chi connectivity index (χ4n) is 4.54.